The number of benzene rings is 1. The Morgan fingerprint density at radius 3 is 2.60 bits per heavy atom. The summed E-state index contributed by atoms with van der Waals surface area (Å²) in [6.07, 6.45) is 10.9. The highest BCUT2D eigenvalue weighted by molar-refractivity contribution is 6.07. The number of fused-ring (bicyclic) bond motifs is 1. The Hall–Kier alpha value is -4.46. The Morgan fingerprint density at radius 1 is 1.11 bits per heavy atom. The molecule has 0 aliphatic heterocycles. The van der Waals surface area contributed by atoms with Crippen LogP contribution >= 0.6 is 0 Å². The predicted octanol–water partition coefficient (Wildman–Crippen LogP) is 5.26. The second-order valence-corrected chi connectivity index (χ2v) is 8.61. The molecule has 0 aliphatic carbocycles. The van der Waals surface area contributed by atoms with Gasteiger partial charge in [-0.05, 0) is 49.6 Å². The number of carbonyl (C=O) groups excluding carboxylic acids is 1. The van der Waals surface area contributed by atoms with E-state index in [-0.39, 0.29) is 5.91 Å². The average Bonchev–Trinajstić information content (AvgIpc) is 3.59. The lowest BCUT2D eigenvalue weighted by molar-refractivity contribution is -0.111. The molecular weight excluding hydrogens is 438 g/mol. The molecule has 0 bridgehead atoms. The van der Waals surface area contributed by atoms with Crippen molar-refractivity contribution in [3.63, 3.8) is 0 Å². The first-order valence-corrected chi connectivity index (χ1v) is 11.5. The summed E-state index contributed by atoms with van der Waals surface area (Å²) < 4.78 is 3.69. The smallest absolute Gasteiger partial charge is 0.247 e. The van der Waals surface area contributed by atoms with Crippen LogP contribution in [0.1, 0.15) is 18.1 Å². The number of pyridine rings is 1. The van der Waals surface area contributed by atoms with Gasteiger partial charge >= 0.3 is 0 Å². The molecule has 0 atom stereocenters. The summed E-state index contributed by atoms with van der Waals surface area (Å²) in [6, 6.07) is 6.08. The van der Waals surface area contributed by atoms with Crippen LogP contribution in [-0.2, 0) is 18.4 Å². The Kier molecular flexibility index (Phi) is 5.56. The second kappa shape index (κ2) is 8.72. The second-order valence-electron chi connectivity index (χ2n) is 8.61. The summed E-state index contributed by atoms with van der Waals surface area (Å²) in [5, 5.41) is 12.8. The number of aromatic amines is 1. The summed E-state index contributed by atoms with van der Waals surface area (Å²) in [5.74, 6) is -0.246. The van der Waals surface area contributed by atoms with Gasteiger partial charge in [-0.15, -0.1) is 0 Å². The van der Waals surface area contributed by atoms with Gasteiger partial charge in [-0.1, -0.05) is 18.7 Å². The van der Waals surface area contributed by atoms with Gasteiger partial charge in [0.05, 0.1) is 18.1 Å². The molecule has 35 heavy (non-hydrogen) atoms. The van der Waals surface area contributed by atoms with Crippen molar-refractivity contribution in [2.75, 3.05) is 5.32 Å². The largest absolute Gasteiger partial charge is 0.339 e. The number of nitrogens with zero attached hydrogens (tertiary/aromatic N) is 5. The SMILES string of the molecule is C=CC(=O)Nc1cc(-c2c(-c3cnn(C)c3)[nH]c3ncc(-c4cnn(CC)c4)c(C)c23)ccc1C. The molecule has 4 aromatic heterocycles. The van der Waals surface area contributed by atoms with E-state index in [1.54, 1.807) is 4.68 Å². The van der Waals surface area contributed by atoms with E-state index in [2.05, 4.69) is 47.0 Å². The number of aromatic nitrogens is 6. The lowest BCUT2D eigenvalue weighted by Gasteiger charge is -2.12. The molecule has 0 radical (unpaired) electrons. The maximum Gasteiger partial charge on any atom is 0.247 e. The quantitative estimate of drug-likeness (QED) is 0.335. The van der Waals surface area contributed by atoms with E-state index in [1.165, 1.54) is 6.08 Å². The topological polar surface area (TPSA) is 93.4 Å². The van der Waals surface area contributed by atoms with E-state index < -0.39 is 0 Å². The van der Waals surface area contributed by atoms with Crippen molar-refractivity contribution in [3.05, 3.63) is 73.0 Å². The Balaban J connectivity index is 1.79. The Labute approximate surface area is 203 Å². The van der Waals surface area contributed by atoms with Gasteiger partial charge < -0.3 is 10.3 Å². The zero-order valence-corrected chi connectivity index (χ0v) is 20.3. The predicted molar refractivity (Wildman–Crippen MR) is 139 cm³/mol. The first kappa shape index (κ1) is 22.3. The van der Waals surface area contributed by atoms with Crippen molar-refractivity contribution in [2.45, 2.75) is 27.3 Å². The molecule has 5 aromatic rings. The van der Waals surface area contributed by atoms with E-state index in [4.69, 9.17) is 4.98 Å². The van der Waals surface area contributed by atoms with Gasteiger partial charge in [0.15, 0.2) is 0 Å². The van der Waals surface area contributed by atoms with Crippen molar-refractivity contribution in [1.82, 2.24) is 29.5 Å². The molecule has 4 heterocycles. The number of anilines is 1. The fourth-order valence-electron chi connectivity index (χ4n) is 4.43. The molecule has 0 fully saturated rings. The van der Waals surface area contributed by atoms with Crippen LogP contribution in [0.5, 0.6) is 0 Å². The van der Waals surface area contributed by atoms with Gasteiger partial charge in [0.2, 0.25) is 5.91 Å². The van der Waals surface area contributed by atoms with Crippen LogP contribution in [0.4, 0.5) is 5.69 Å². The minimum Gasteiger partial charge on any atom is -0.339 e. The van der Waals surface area contributed by atoms with E-state index in [9.17, 15) is 4.79 Å². The van der Waals surface area contributed by atoms with Crippen LogP contribution in [0.2, 0.25) is 0 Å². The summed E-state index contributed by atoms with van der Waals surface area (Å²) in [6.45, 7) is 10.5. The highest BCUT2D eigenvalue weighted by atomic mass is 16.1. The minimum absolute atomic E-state index is 0.246. The molecule has 0 saturated carbocycles. The van der Waals surface area contributed by atoms with Gasteiger partial charge in [-0.25, -0.2) is 4.98 Å². The van der Waals surface area contributed by atoms with Crippen molar-refractivity contribution in [1.29, 1.82) is 0 Å². The molecular formula is C27H27N7O. The van der Waals surface area contributed by atoms with Crippen LogP contribution in [0.3, 0.4) is 0 Å². The van der Waals surface area contributed by atoms with Crippen LogP contribution in [0.25, 0.3) is 44.5 Å². The summed E-state index contributed by atoms with van der Waals surface area (Å²) in [7, 11) is 1.90. The Bertz CT molecular complexity index is 1580. The summed E-state index contributed by atoms with van der Waals surface area (Å²) >= 11 is 0. The van der Waals surface area contributed by atoms with Gasteiger partial charge in [-0.2, -0.15) is 10.2 Å². The van der Waals surface area contributed by atoms with Crippen LogP contribution in [-0.4, -0.2) is 35.4 Å². The molecule has 2 N–H and O–H groups in total. The van der Waals surface area contributed by atoms with Gasteiger partial charge in [-0.3, -0.25) is 14.2 Å². The number of aryl methyl sites for hydroxylation is 4. The fraction of sp³-hybridized carbons (Fsp3) is 0.185. The third-order valence-electron chi connectivity index (χ3n) is 6.31. The number of H-pyrrole nitrogens is 1. The maximum atomic E-state index is 12.1. The van der Waals surface area contributed by atoms with Crippen LogP contribution < -0.4 is 5.32 Å². The van der Waals surface area contributed by atoms with E-state index in [0.29, 0.717) is 0 Å². The highest BCUT2D eigenvalue weighted by Crippen LogP contribution is 2.42. The zero-order valence-electron chi connectivity index (χ0n) is 20.3. The number of hydrogen-bond donors (Lipinski definition) is 2. The van der Waals surface area contributed by atoms with Gasteiger partial charge in [0.1, 0.15) is 5.65 Å². The molecule has 8 nitrogen and oxygen atoms in total. The standard InChI is InChI=1S/C27H27N7O/c1-6-23(35)31-22-10-18(9-8-16(22)3)25-24-17(4)21(19-11-30-34(7-2)15-19)13-28-27(24)32-26(25)20-12-29-33(5)14-20/h6,8-15H,1,7H2,2-5H3,(H,28,32)(H,31,35). The molecule has 1 amide bonds. The highest BCUT2D eigenvalue weighted by Gasteiger charge is 2.21. The lowest BCUT2D eigenvalue weighted by Crippen LogP contribution is -2.08. The third kappa shape index (κ3) is 3.93. The molecule has 0 spiro atoms. The van der Waals surface area contributed by atoms with Crippen molar-refractivity contribution < 1.29 is 4.79 Å². The first-order chi connectivity index (χ1) is 16.9. The van der Waals surface area contributed by atoms with E-state index in [1.807, 2.05) is 61.8 Å². The van der Waals surface area contributed by atoms with Crippen molar-refractivity contribution >= 4 is 22.6 Å². The molecule has 1 aromatic carbocycles. The van der Waals surface area contributed by atoms with E-state index in [0.717, 1.165) is 67.9 Å². The molecule has 8 heteroatoms. The molecule has 0 aliphatic rings. The number of rotatable bonds is 6. The number of hydrogen-bond acceptors (Lipinski definition) is 4. The van der Waals surface area contributed by atoms with Gasteiger partial charge in [0.25, 0.3) is 0 Å². The first-order valence-electron chi connectivity index (χ1n) is 11.5. The lowest BCUT2D eigenvalue weighted by atomic mass is 9.94. The fourth-order valence-corrected chi connectivity index (χ4v) is 4.43. The van der Waals surface area contributed by atoms with Gasteiger partial charge in [0, 0.05) is 65.5 Å². The maximum absolute atomic E-state index is 12.1. The molecule has 0 saturated heterocycles. The molecule has 0 unspecified atom stereocenters. The third-order valence-corrected chi connectivity index (χ3v) is 6.31. The number of carbonyl (C=O) groups is 1. The van der Waals surface area contributed by atoms with Crippen molar-refractivity contribution in [2.24, 2.45) is 7.05 Å². The molecule has 5 rings (SSSR count). The monoisotopic (exact) mass is 465 g/mol. The average molecular weight is 466 g/mol. The van der Waals surface area contributed by atoms with E-state index >= 15 is 0 Å². The number of amides is 1. The Morgan fingerprint density at radius 2 is 1.91 bits per heavy atom. The van der Waals surface area contributed by atoms with Crippen molar-refractivity contribution in [3.8, 4) is 33.5 Å². The number of nitrogens with one attached hydrogen (secondary N) is 2. The molecule has 176 valence electrons. The summed E-state index contributed by atoms with van der Waals surface area (Å²) in [4.78, 5) is 20.4. The summed E-state index contributed by atoms with van der Waals surface area (Å²) in [5.41, 5.74) is 9.51. The van der Waals surface area contributed by atoms with Crippen LogP contribution in [0, 0.1) is 13.8 Å². The normalized spacial score (nSPS) is 11.2. The zero-order chi connectivity index (χ0) is 24.7. The minimum atomic E-state index is -0.246. The van der Waals surface area contributed by atoms with Crippen LogP contribution in [0.15, 0.2) is 61.8 Å².